The van der Waals surface area contributed by atoms with Crippen molar-refractivity contribution in [2.45, 2.75) is 12.8 Å². The second-order valence-corrected chi connectivity index (χ2v) is 6.81. The lowest BCUT2D eigenvalue weighted by Gasteiger charge is -2.19. The van der Waals surface area contributed by atoms with E-state index in [1.54, 1.807) is 11.0 Å². The fourth-order valence-electron chi connectivity index (χ4n) is 2.33. The van der Waals surface area contributed by atoms with Crippen molar-refractivity contribution in [3.8, 4) is 12.3 Å². The molecule has 1 saturated carbocycles. The first kappa shape index (κ1) is 14.2. The van der Waals surface area contributed by atoms with Crippen molar-refractivity contribution in [3.63, 3.8) is 0 Å². The van der Waals surface area contributed by atoms with Crippen LogP contribution in [0.25, 0.3) is 10.1 Å². The molecule has 0 atom stereocenters. The number of rotatable bonds is 4. The molecule has 1 aliphatic rings. The zero-order valence-electron chi connectivity index (χ0n) is 11.4. The molecule has 1 aromatic carbocycles. The van der Waals surface area contributed by atoms with E-state index in [1.165, 1.54) is 24.2 Å². The van der Waals surface area contributed by atoms with Gasteiger partial charge >= 0.3 is 0 Å². The first-order valence-corrected chi connectivity index (χ1v) is 8.00. The monoisotopic (exact) mass is 318 g/mol. The SMILES string of the molecule is C#CCN(CC1CC1)C(=O)c1sc2cc(Cl)ccc2c1N. The number of anilines is 1. The minimum atomic E-state index is -0.0744. The lowest BCUT2D eigenvalue weighted by Crippen LogP contribution is -2.33. The summed E-state index contributed by atoms with van der Waals surface area (Å²) >= 11 is 7.37. The molecule has 21 heavy (non-hydrogen) atoms. The van der Waals surface area contributed by atoms with Crippen molar-refractivity contribution in [3.05, 3.63) is 28.1 Å². The molecular weight excluding hydrogens is 304 g/mol. The Hall–Kier alpha value is -1.70. The predicted molar refractivity (Wildman–Crippen MR) is 88.7 cm³/mol. The number of thiophene rings is 1. The van der Waals surface area contributed by atoms with Crippen LogP contribution in [0.4, 0.5) is 5.69 Å². The minimum absolute atomic E-state index is 0.0744. The number of carbonyl (C=O) groups excluding carboxylic acids is 1. The highest BCUT2D eigenvalue weighted by Crippen LogP contribution is 2.37. The Kier molecular flexibility index (Phi) is 3.79. The predicted octanol–water partition coefficient (Wildman–Crippen LogP) is 3.62. The molecule has 1 aliphatic carbocycles. The number of nitrogen functional groups attached to an aromatic ring is 1. The highest BCUT2D eigenvalue weighted by molar-refractivity contribution is 7.21. The Balaban J connectivity index is 1.95. The van der Waals surface area contributed by atoms with Gasteiger partial charge in [0.1, 0.15) is 4.88 Å². The number of hydrogen-bond acceptors (Lipinski definition) is 3. The molecule has 3 nitrogen and oxygen atoms in total. The Morgan fingerprint density at radius 3 is 2.95 bits per heavy atom. The summed E-state index contributed by atoms with van der Waals surface area (Å²) in [5, 5.41) is 1.51. The van der Waals surface area contributed by atoms with E-state index in [2.05, 4.69) is 5.92 Å². The van der Waals surface area contributed by atoms with Gasteiger partial charge in [-0.2, -0.15) is 0 Å². The third-order valence-corrected chi connectivity index (χ3v) is 5.02. The summed E-state index contributed by atoms with van der Waals surface area (Å²) in [5.41, 5.74) is 6.66. The highest BCUT2D eigenvalue weighted by atomic mass is 35.5. The highest BCUT2D eigenvalue weighted by Gasteiger charge is 2.28. The van der Waals surface area contributed by atoms with Crippen molar-refractivity contribution in [2.24, 2.45) is 5.92 Å². The average molecular weight is 319 g/mol. The molecule has 108 valence electrons. The number of fused-ring (bicyclic) bond motifs is 1. The second kappa shape index (κ2) is 5.59. The van der Waals surface area contributed by atoms with Crippen LogP contribution in [0.15, 0.2) is 18.2 Å². The van der Waals surface area contributed by atoms with Crippen molar-refractivity contribution in [1.82, 2.24) is 4.90 Å². The molecule has 0 saturated heterocycles. The Bertz CT molecular complexity index is 743. The average Bonchev–Trinajstić information content (AvgIpc) is 3.21. The van der Waals surface area contributed by atoms with Crippen LogP contribution < -0.4 is 5.73 Å². The number of amides is 1. The van der Waals surface area contributed by atoms with Crippen LogP contribution >= 0.6 is 22.9 Å². The van der Waals surface area contributed by atoms with Gasteiger partial charge in [0.15, 0.2) is 0 Å². The van der Waals surface area contributed by atoms with Crippen LogP contribution in [0.3, 0.4) is 0 Å². The standard InChI is InChI=1S/C16H15ClN2OS/c1-2-7-19(9-10-3-4-10)16(20)15-14(18)12-6-5-11(17)8-13(12)21-15/h1,5-6,8,10H,3-4,7,9,18H2. The molecule has 0 bridgehead atoms. The van der Waals surface area contributed by atoms with Crippen LogP contribution in [-0.4, -0.2) is 23.9 Å². The van der Waals surface area contributed by atoms with E-state index >= 15 is 0 Å². The van der Waals surface area contributed by atoms with Crippen LogP contribution in [-0.2, 0) is 0 Å². The van der Waals surface area contributed by atoms with Gasteiger partial charge in [0, 0.05) is 21.7 Å². The van der Waals surface area contributed by atoms with Crippen LogP contribution in [0.1, 0.15) is 22.5 Å². The van der Waals surface area contributed by atoms with E-state index in [4.69, 9.17) is 23.8 Å². The van der Waals surface area contributed by atoms with Gasteiger partial charge < -0.3 is 10.6 Å². The zero-order chi connectivity index (χ0) is 15.0. The van der Waals surface area contributed by atoms with Gasteiger partial charge in [-0.15, -0.1) is 17.8 Å². The summed E-state index contributed by atoms with van der Waals surface area (Å²) in [6, 6.07) is 5.47. The Morgan fingerprint density at radius 2 is 2.29 bits per heavy atom. The number of nitrogens with two attached hydrogens (primary N) is 1. The second-order valence-electron chi connectivity index (χ2n) is 5.32. The molecule has 1 aromatic heterocycles. The van der Waals surface area contributed by atoms with Gasteiger partial charge in [-0.05, 0) is 37.0 Å². The van der Waals surface area contributed by atoms with Crippen LogP contribution in [0.5, 0.6) is 0 Å². The molecule has 2 aromatic rings. The van der Waals surface area contributed by atoms with E-state index in [-0.39, 0.29) is 5.91 Å². The van der Waals surface area contributed by atoms with Crippen molar-refractivity contribution < 1.29 is 4.79 Å². The summed E-state index contributed by atoms with van der Waals surface area (Å²) in [7, 11) is 0. The summed E-state index contributed by atoms with van der Waals surface area (Å²) in [6.07, 6.45) is 7.73. The number of nitrogens with zero attached hydrogens (tertiary/aromatic N) is 1. The van der Waals surface area contributed by atoms with Gasteiger partial charge in [-0.3, -0.25) is 4.79 Å². The zero-order valence-corrected chi connectivity index (χ0v) is 13.0. The van der Waals surface area contributed by atoms with Crippen molar-refractivity contribution >= 4 is 44.6 Å². The Morgan fingerprint density at radius 1 is 1.52 bits per heavy atom. The maximum Gasteiger partial charge on any atom is 0.266 e. The molecule has 0 aliphatic heterocycles. The summed E-state index contributed by atoms with van der Waals surface area (Å²) in [6.45, 7) is 1.04. The van der Waals surface area contributed by atoms with E-state index in [9.17, 15) is 4.79 Å². The number of carbonyl (C=O) groups is 1. The molecule has 1 fully saturated rings. The molecule has 5 heteroatoms. The van der Waals surface area contributed by atoms with Crippen LogP contribution in [0, 0.1) is 18.3 Å². The van der Waals surface area contributed by atoms with Gasteiger partial charge in [-0.1, -0.05) is 17.5 Å². The molecule has 1 heterocycles. The lowest BCUT2D eigenvalue weighted by atomic mass is 10.2. The lowest BCUT2D eigenvalue weighted by molar-refractivity contribution is 0.0775. The summed E-state index contributed by atoms with van der Waals surface area (Å²) < 4.78 is 0.926. The smallest absolute Gasteiger partial charge is 0.266 e. The molecule has 1 amide bonds. The molecule has 0 radical (unpaired) electrons. The minimum Gasteiger partial charge on any atom is -0.397 e. The number of terminal acetylenes is 1. The number of benzene rings is 1. The van der Waals surface area contributed by atoms with Crippen molar-refractivity contribution in [1.29, 1.82) is 0 Å². The normalized spacial score (nSPS) is 14.1. The molecule has 2 N–H and O–H groups in total. The van der Waals surface area contributed by atoms with Gasteiger partial charge in [-0.25, -0.2) is 0 Å². The fraction of sp³-hybridized carbons (Fsp3) is 0.312. The van der Waals surface area contributed by atoms with Crippen molar-refractivity contribution in [2.75, 3.05) is 18.8 Å². The topological polar surface area (TPSA) is 46.3 Å². The number of halogens is 1. The third-order valence-electron chi connectivity index (χ3n) is 3.63. The first-order chi connectivity index (χ1) is 10.1. The van der Waals surface area contributed by atoms with E-state index in [1.807, 2.05) is 12.1 Å². The summed E-state index contributed by atoms with van der Waals surface area (Å²) in [4.78, 5) is 15.0. The Labute approximate surface area is 132 Å². The fourth-order valence-corrected chi connectivity index (χ4v) is 3.70. The maximum absolute atomic E-state index is 12.7. The number of hydrogen-bond donors (Lipinski definition) is 1. The van der Waals surface area contributed by atoms with Gasteiger partial charge in [0.25, 0.3) is 5.91 Å². The van der Waals surface area contributed by atoms with Gasteiger partial charge in [0.2, 0.25) is 0 Å². The molecule has 0 spiro atoms. The molecule has 3 rings (SSSR count). The maximum atomic E-state index is 12.7. The van der Waals surface area contributed by atoms with E-state index in [0.29, 0.717) is 28.0 Å². The summed E-state index contributed by atoms with van der Waals surface area (Å²) in [5.74, 6) is 3.08. The quantitative estimate of drug-likeness (QED) is 0.875. The molecular formula is C16H15ClN2OS. The van der Waals surface area contributed by atoms with E-state index < -0.39 is 0 Å². The van der Waals surface area contributed by atoms with Crippen LogP contribution in [0.2, 0.25) is 5.02 Å². The van der Waals surface area contributed by atoms with E-state index in [0.717, 1.165) is 16.6 Å². The first-order valence-electron chi connectivity index (χ1n) is 6.80. The largest absolute Gasteiger partial charge is 0.397 e. The van der Waals surface area contributed by atoms with Gasteiger partial charge in [0.05, 0.1) is 12.2 Å². The third kappa shape index (κ3) is 2.85. The molecule has 0 unspecified atom stereocenters.